The van der Waals surface area contributed by atoms with E-state index in [-0.39, 0.29) is 18.1 Å². The summed E-state index contributed by atoms with van der Waals surface area (Å²) in [6.45, 7) is 7.75. The van der Waals surface area contributed by atoms with Crippen LogP contribution in [0.15, 0.2) is 66.7 Å². The minimum Gasteiger partial charge on any atom is -0.490 e. The SMILES string of the molecule is CCCC(CCC)Oc1cccc(C(=O)N[C@H](CCNCc2cccc(CC)c2)Cc2cc(F)cc(F)c2)c1. The fourth-order valence-corrected chi connectivity index (χ4v) is 4.79. The zero-order valence-electron chi connectivity index (χ0n) is 23.4. The van der Waals surface area contributed by atoms with Gasteiger partial charge in [-0.05, 0) is 85.7 Å². The van der Waals surface area contributed by atoms with Gasteiger partial charge in [0.1, 0.15) is 17.4 Å². The summed E-state index contributed by atoms with van der Waals surface area (Å²) >= 11 is 0. The van der Waals surface area contributed by atoms with Gasteiger partial charge in [0.15, 0.2) is 0 Å². The Bertz CT molecular complexity index is 1160. The second-order valence-corrected chi connectivity index (χ2v) is 10.1. The van der Waals surface area contributed by atoms with E-state index in [1.54, 1.807) is 12.1 Å². The standard InChI is InChI=1S/C33H42F2N2O2/c1-4-9-31(10-5-2)39-32-14-8-13-27(21-32)33(38)37-30(20-26-18-28(34)22-29(35)19-26)15-16-36-23-25-12-7-11-24(6-3)17-25/h7-8,11-14,17-19,21-22,30-31,36H,4-6,9-10,15-16,20,23H2,1-3H3,(H,37,38)/t30-/m1/s1. The van der Waals surface area contributed by atoms with E-state index in [2.05, 4.69) is 55.7 Å². The lowest BCUT2D eigenvalue weighted by Crippen LogP contribution is -2.38. The van der Waals surface area contributed by atoms with E-state index in [0.29, 0.717) is 42.8 Å². The molecule has 39 heavy (non-hydrogen) atoms. The smallest absolute Gasteiger partial charge is 0.251 e. The van der Waals surface area contributed by atoms with Crippen molar-refractivity contribution in [3.05, 3.63) is 101 Å². The number of nitrogens with one attached hydrogen (secondary N) is 2. The van der Waals surface area contributed by atoms with E-state index in [1.165, 1.54) is 23.3 Å². The van der Waals surface area contributed by atoms with Crippen molar-refractivity contribution in [3.8, 4) is 5.75 Å². The maximum Gasteiger partial charge on any atom is 0.251 e. The number of carbonyl (C=O) groups is 1. The molecule has 3 aromatic carbocycles. The number of rotatable bonds is 16. The third-order valence-electron chi connectivity index (χ3n) is 6.76. The Morgan fingerprint density at radius 2 is 1.51 bits per heavy atom. The first-order valence-electron chi connectivity index (χ1n) is 14.2. The fraction of sp³-hybridized carbons (Fsp3) is 0.424. The fourth-order valence-electron chi connectivity index (χ4n) is 4.79. The molecule has 0 saturated heterocycles. The van der Waals surface area contributed by atoms with Gasteiger partial charge in [0, 0.05) is 24.2 Å². The zero-order valence-corrected chi connectivity index (χ0v) is 23.4. The predicted octanol–water partition coefficient (Wildman–Crippen LogP) is 7.40. The molecule has 4 nitrogen and oxygen atoms in total. The molecule has 3 rings (SSSR count). The van der Waals surface area contributed by atoms with Crippen LogP contribution in [0.2, 0.25) is 0 Å². The molecule has 1 amide bonds. The van der Waals surface area contributed by atoms with E-state index in [0.717, 1.165) is 38.2 Å². The van der Waals surface area contributed by atoms with Crippen LogP contribution in [0.25, 0.3) is 0 Å². The second-order valence-electron chi connectivity index (χ2n) is 10.1. The van der Waals surface area contributed by atoms with Crippen molar-refractivity contribution in [1.82, 2.24) is 10.6 Å². The molecule has 0 unspecified atom stereocenters. The Morgan fingerprint density at radius 3 is 2.21 bits per heavy atom. The summed E-state index contributed by atoms with van der Waals surface area (Å²) in [5, 5.41) is 6.53. The first-order valence-corrected chi connectivity index (χ1v) is 14.2. The van der Waals surface area contributed by atoms with E-state index in [4.69, 9.17) is 4.74 Å². The van der Waals surface area contributed by atoms with Crippen LogP contribution in [0, 0.1) is 11.6 Å². The lowest BCUT2D eigenvalue weighted by molar-refractivity contribution is 0.0933. The van der Waals surface area contributed by atoms with Crippen LogP contribution in [-0.2, 0) is 19.4 Å². The number of benzene rings is 3. The molecule has 0 fully saturated rings. The molecule has 0 bridgehead atoms. The van der Waals surface area contributed by atoms with E-state index in [1.807, 2.05) is 12.1 Å². The Morgan fingerprint density at radius 1 is 0.821 bits per heavy atom. The molecule has 0 aromatic heterocycles. The van der Waals surface area contributed by atoms with E-state index >= 15 is 0 Å². The van der Waals surface area contributed by atoms with Crippen molar-refractivity contribution in [2.45, 2.75) is 84.4 Å². The van der Waals surface area contributed by atoms with Gasteiger partial charge in [-0.2, -0.15) is 0 Å². The van der Waals surface area contributed by atoms with Gasteiger partial charge in [-0.3, -0.25) is 4.79 Å². The summed E-state index contributed by atoms with van der Waals surface area (Å²) in [7, 11) is 0. The van der Waals surface area contributed by atoms with Gasteiger partial charge >= 0.3 is 0 Å². The van der Waals surface area contributed by atoms with Crippen LogP contribution in [0.4, 0.5) is 8.78 Å². The molecule has 210 valence electrons. The van der Waals surface area contributed by atoms with Crippen LogP contribution in [-0.4, -0.2) is 24.6 Å². The van der Waals surface area contributed by atoms with Crippen molar-refractivity contribution in [2.75, 3.05) is 6.54 Å². The van der Waals surface area contributed by atoms with Gasteiger partial charge in [0.25, 0.3) is 5.91 Å². The highest BCUT2D eigenvalue weighted by atomic mass is 19.1. The second kappa shape index (κ2) is 16.0. The average Bonchev–Trinajstić information content (AvgIpc) is 2.91. The summed E-state index contributed by atoms with van der Waals surface area (Å²) in [4.78, 5) is 13.3. The van der Waals surface area contributed by atoms with Gasteiger partial charge in [-0.15, -0.1) is 0 Å². The monoisotopic (exact) mass is 536 g/mol. The van der Waals surface area contributed by atoms with Crippen molar-refractivity contribution in [3.63, 3.8) is 0 Å². The number of hydrogen-bond acceptors (Lipinski definition) is 3. The molecule has 1 atom stereocenters. The number of hydrogen-bond donors (Lipinski definition) is 2. The van der Waals surface area contributed by atoms with Crippen LogP contribution < -0.4 is 15.4 Å². The lowest BCUT2D eigenvalue weighted by Gasteiger charge is -2.21. The summed E-state index contributed by atoms with van der Waals surface area (Å²) in [6.07, 6.45) is 6.02. The largest absolute Gasteiger partial charge is 0.490 e. The summed E-state index contributed by atoms with van der Waals surface area (Å²) < 4.78 is 33.9. The average molecular weight is 537 g/mol. The third-order valence-corrected chi connectivity index (χ3v) is 6.76. The Labute approximate surface area is 232 Å². The van der Waals surface area contributed by atoms with Gasteiger partial charge in [0.2, 0.25) is 0 Å². The van der Waals surface area contributed by atoms with Crippen molar-refractivity contribution < 1.29 is 18.3 Å². The van der Waals surface area contributed by atoms with Crippen molar-refractivity contribution in [1.29, 1.82) is 0 Å². The molecule has 0 aliphatic carbocycles. The Hall–Kier alpha value is -3.25. The van der Waals surface area contributed by atoms with Gasteiger partial charge in [0.05, 0.1) is 6.10 Å². The molecular formula is C33H42F2N2O2. The van der Waals surface area contributed by atoms with Crippen LogP contribution in [0.5, 0.6) is 5.75 Å². The van der Waals surface area contributed by atoms with Gasteiger partial charge < -0.3 is 15.4 Å². The summed E-state index contributed by atoms with van der Waals surface area (Å²) in [5.41, 5.74) is 3.49. The zero-order chi connectivity index (χ0) is 28.0. The highest BCUT2D eigenvalue weighted by molar-refractivity contribution is 5.94. The Balaban J connectivity index is 1.67. The summed E-state index contributed by atoms with van der Waals surface area (Å²) in [6, 6.07) is 18.9. The topological polar surface area (TPSA) is 50.4 Å². The number of amides is 1. The highest BCUT2D eigenvalue weighted by Crippen LogP contribution is 2.20. The van der Waals surface area contributed by atoms with Crippen LogP contribution >= 0.6 is 0 Å². The first kappa shape index (κ1) is 30.3. The summed E-state index contributed by atoms with van der Waals surface area (Å²) in [5.74, 6) is -0.806. The minimum absolute atomic E-state index is 0.123. The van der Waals surface area contributed by atoms with Crippen molar-refractivity contribution >= 4 is 5.91 Å². The third kappa shape index (κ3) is 10.4. The molecule has 0 heterocycles. The van der Waals surface area contributed by atoms with Crippen LogP contribution in [0.1, 0.15) is 79.9 Å². The number of ether oxygens (including phenoxy) is 1. The van der Waals surface area contributed by atoms with Crippen LogP contribution in [0.3, 0.4) is 0 Å². The number of aryl methyl sites for hydroxylation is 1. The number of halogens is 2. The molecular weight excluding hydrogens is 494 g/mol. The first-order chi connectivity index (χ1) is 18.9. The molecule has 0 saturated carbocycles. The number of carbonyl (C=O) groups excluding carboxylic acids is 1. The van der Waals surface area contributed by atoms with E-state index in [9.17, 15) is 13.6 Å². The normalized spacial score (nSPS) is 11.9. The van der Waals surface area contributed by atoms with Gasteiger partial charge in [-0.25, -0.2) is 8.78 Å². The molecule has 3 aromatic rings. The molecule has 2 N–H and O–H groups in total. The molecule has 0 aliphatic rings. The lowest BCUT2D eigenvalue weighted by atomic mass is 10.0. The maximum absolute atomic E-state index is 13.9. The Kier molecular flexibility index (Phi) is 12.4. The molecule has 0 radical (unpaired) electrons. The molecule has 6 heteroatoms. The van der Waals surface area contributed by atoms with Gasteiger partial charge in [-0.1, -0.05) is 63.9 Å². The highest BCUT2D eigenvalue weighted by Gasteiger charge is 2.17. The maximum atomic E-state index is 13.9. The van der Waals surface area contributed by atoms with Crippen molar-refractivity contribution in [2.24, 2.45) is 0 Å². The quantitative estimate of drug-likeness (QED) is 0.188. The minimum atomic E-state index is -0.623. The predicted molar refractivity (Wildman–Crippen MR) is 154 cm³/mol. The molecule has 0 aliphatic heterocycles. The molecule has 0 spiro atoms. The van der Waals surface area contributed by atoms with E-state index < -0.39 is 11.6 Å².